The van der Waals surface area contributed by atoms with Crippen molar-refractivity contribution in [3.05, 3.63) is 28.5 Å². The number of nitrogens with zero attached hydrogens (tertiary/aromatic N) is 5. The number of rotatable bonds is 4. The Morgan fingerprint density at radius 3 is 2.85 bits per heavy atom. The van der Waals surface area contributed by atoms with Gasteiger partial charge in [0.2, 0.25) is 0 Å². The van der Waals surface area contributed by atoms with Crippen LogP contribution in [0.2, 0.25) is 0 Å². The highest BCUT2D eigenvalue weighted by Gasteiger charge is 2.22. The van der Waals surface area contributed by atoms with Crippen LogP contribution in [0.4, 0.5) is 9.93 Å². The van der Waals surface area contributed by atoms with Crippen molar-refractivity contribution < 1.29 is 9.59 Å². The minimum Gasteiger partial charge on any atom is -0.365 e. The van der Waals surface area contributed by atoms with Gasteiger partial charge in [0.1, 0.15) is 5.69 Å². The summed E-state index contributed by atoms with van der Waals surface area (Å²) >= 11 is 1.38. The van der Waals surface area contributed by atoms with Crippen LogP contribution in [-0.2, 0) is 19.6 Å². The highest BCUT2D eigenvalue weighted by molar-refractivity contribution is 7.13. The highest BCUT2D eigenvalue weighted by atomic mass is 32.1. The first-order valence-electron chi connectivity index (χ1n) is 8.41. The lowest BCUT2D eigenvalue weighted by Gasteiger charge is -2.23. The van der Waals surface area contributed by atoms with E-state index in [1.807, 2.05) is 15.6 Å². The topological polar surface area (TPSA) is 95.4 Å². The molecule has 3 heterocycles. The molecular weight excluding hydrogens is 354 g/mol. The van der Waals surface area contributed by atoms with E-state index in [-0.39, 0.29) is 11.9 Å². The SMILES string of the molecule is CNc1nc(C(=O)NCc2cc3n(n2)CCCN(C(=O)N(C)C)C3)cs1. The molecule has 1 aliphatic heterocycles. The zero-order valence-electron chi connectivity index (χ0n) is 15.2. The Morgan fingerprint density at radius 1 is 1.35 bits per heavy atom. The minimum atomic E-state index is -0.227. The van der Waals surface area contributed by atoms with Gasteiger partial charge in [0, 0.05) is 39.6 Å². The molecule has 2 aromatic rings. The number of hydrogen-bond acceptors (Lipinski definition) is 6. The molecule has 0 bridgehead atoms. The summed E-state index contributed by atoms with van der Waals surface area (Å²) in [5, 5.41) is 12.7. The number of carbonyl (C=O) groups is 2. The third-order valence-electron chi connectivity index (χ3n) is 4.10. The number of nitrogens with one attached hydrogen (secondary N) is 2. The van der Waals surface area contributed by atoms with Crippen LogP contribution < -0.4 is 10.6 Å². The third kappa shape index (κ3) is 3.96. The van der Waals surface area contributed by atoms with Crippen LogP contribution in [0, 0.1) is 0 Å². The lowest BCUT2D eigenvalue weighted by molar-refractivity contribution is 0.0946. The van der Waals surface area contributed by atoms with Crippen molar-refractivity contribution in [1.82, 2.24) is 29.9 Å². The molecule has 0 radical (unpaired) electrons. The predicted molar refractivity (Wildman–Crippen MR) is 99.2 cm³/mol. The molecule has 1 aliphatic rings. The van der Waals surface area contributed by atoms with Crippen LogP contribution >= 0.6 is 11.3 Å². The average molecular weight is 377 g/mol. The molecule has 0 spiro atoms. The second-order valence-electron chi connectivity index (χ2n) is 6.27. The third-order valence-corrected chi connectivity index (χ3v) is 4.96. The van der Waals surface area contributed by atoms with Gasteiger partial charge in [-0.1, -0.05) is 0 Å². The predicted octanol–water partition coefficient (Wildman–Crippen LogP) is 1.20. The maximum absolute atomic E-state index is 12.2. The first kappa shape index (κ1) is 18.2. The molecule has 0 saturated heterocycles. The number of carbonyl (C=O) groups excluding carboxylic acids is 2. The molecule has 3 amide bonds. The second-order valence-corrected chi connectivity index (χ2v) is 7.13. The van der Waals surface area contributed by atoms with Crippen LogP contribution in [0.5, 0.6) is 0 Å². The van der Waals surface area contributed by atoms with E-state index < -0.39 is 0 Å². The van der Waals surface area contributed by atoms with E-state index in [0.717, 1.165) is 24.4 Å². The molecule has 2 aromatic heterocycles. The quantitative estimate of drug-likeness (QED) is 0.835. The van der Waals surface area contributed by atoms with Gasteiger partial charge in [-0.05, 0) is 12.5 Å². The van der Waals surface area contributed by atoms with Crippen molar-refractivity contribution in [3.8, 4) is 0 Å². The molecule has 10 heteroatoms. The highest BCUT2D eigenvalue weighted by Crippen LogP contribution is 2.16. The van der Waals surface area contributed by atoms with Crippen molar-refractivity contribution in [1.29, 1.82) is 0 Å². The summed E-state index contributed by atoms with van der Waals surface area (Å²) in [6, 6.07) is 1.94. The number of urea groups is 1. The Morgan fingerprint density at radius 2 is 2.15 bits per heavy atom. The molecule has 2 N–H and O–H groups in total. The standard InChI is InChI=1S/C16H23N7O2S/c1-17-15-19-13(10-26-15)14(24)18-8-11-7-12-9-22(16(25)21(2)3)5-4-6-23(12)20-11/h7,10H,4-6,8-9H2,1-3H3,(H,17,19)(H,18,24). The maximum Gasteiger partial charge on any atom is 0.319 e. The molecule has 0 unspecified atom stereocenters. The molecular formula is C16H23N7O2S. The first-order valence-corrected chi connectivity index (χ1v) is 9.29. The number of thiazole rings is 1. The van der Waals surface area contributed by atoms with Crippen molar-refractivity contribution in [3.63, 3.8) is 0 Å². The van der Waals surface area contributed by atoms with E-state index in [0.29, 0.717) is 30.5 Å². The molecule has 3 rings (SSSR count). The summed E-state index contributed by atoms with van der Waals surface area (Å²) in [5.41, 5.74) is 2.15. The molecule has 0 saturated carbocycles. The van der Waals surface area contributed by atoms with Crippen LogP contribution in [0.3, 0.4) is 0 Å². The van der Waals surface area contributed by atoms with Crippen LogP contribution in [0.15, 0.2) is 11.4 Å². The lowest BCUT2D eigenvalue weighted by Crippen LogP contribution is -2.38. The zero-order chi connectivity index (χ0) is 18.7. The minimum absolute atomic E-state index is 0.00151. The lowest BCUT2D eigenvalue weighted by atomic mass is 10.3. The van der Waals surface area contributed by atoms with Gasteiger partial charge in [0.25, 0.3) is 5.91 Å². The number of anilines is 1. The van der Waals surface area contributed by atoms with E-state index in [1.54, 1.807) is 31.4 Å². The summed E-state index contributed by atoms with van der Waals surface area (Å²) in [6.07, 6.45) is 0.853. The number of fused-ring (bicyclic) bond motifs is 1. The Hall–Kier alpha value is -2.62. The van der Waals surface area contributed by atoms with Crippen molar-refractivity contribution in [2.45, 2.75) is 26.1 Å². The van der Waals surface area contributed by atoms with Gasteiger partial charge >= 0.3 is 6.03 Å². The number of hydrogen-bond donors (Lipinski definition) is 2. The number of aryl methyl sites for hydroxylation is 1. The number of amides is 3. The summed E-state index contributed by atoms with van der Waals surface area (Å²) < 4.78 is 1.92. The van der Waals surface area contributed by atoms with E-state index in [9.17, 15) is 9.59 Å². The van der Waals surface area contributed by atoms with Gasteiger partial charge in [-0.25, -0.2) is 9.78 Å². The molecule has 9 nitrogen and oxygen atoms in total. The fourth-order valence-corrected chi connectivity index (χ4v) is 3.46. The van der Waals surface area contributed by atoms with E-state index in [1.165, 1.54) is 11.3 Å². The van der Waals surface area contributed by atoms with Crippen LogP contribution in [0.1, 0.15) is 28.3 Å². The van der Waals surface area contributed by atoms with Gasteiger partial charge in [-0.2, -0.15) is 5.10 Å². The first-order chi connectivity index (χ1) is 12.5. The molecule has 0 aliphatic carbocycles. The summed E-state index contributed by atoms with van der Waals surface area (Å²) in [6.45, 7) is 2.32. The van der Waals surface area contributed by atoms with Gasteiger partial charge in [0.05, 0.1) is 24.5 Å². The van der Waals surface area contributed by atoms with Gasteiger partial charge in [-0.15, -0.1) is 11.3 Å². The smallest absolute Gasteiger partial charge is 0.319 e. The molecule has 140 valence electrons. The molecule has 0 fully saturated rings. The maximum atomic E-state index is 12.2. The van der Waals surface area contributed by atoms with Crippen molar-refractivity contribution in [2.75, 3.05) is 33.0 Å². The fourth-order valence-electron chi connectivity index (χ4n) is 2.81. The normalized spacial score (nSPS) is 13.7. The van der Waals surface area contributed by atoms with E-state index >= 15 is 0 Å². The Bertz CT molecular complexity index is 798. The van der Waals surface area contributed by atoms with E-state index in [4.69, 9.17) is 0 Å². The fraction of sp³-hybridized carbons (Fsp3) is 0.500. The van der Waals surface area contributed by atoms with Crippen LogP contribution in [0.25, 0.3) is 0 Å². The van der Waals surface area contributed by atoms with Gasteiger partial charge in [-0.3, -0.25) is 9.48 Å². The van der Waals surface area contributed by atoms with Crippen molar-refractivity contribution in [2.24, 2.45) is 0 Å². The van der Waals surface area contributed by atoms with Crippen LogP contribution in [-0.4, -0.2) is 64.2 Å². The summed E-state index contributed by atoms with van der Waals surface area (Å²) in [4.78, 5) is 32.0. The average Bonchev–Trinajstić information content (AvgIpc) is 3.21. The summed E-state index contributed by atoms with van der Waals surface area (Å²) in [7, 11) is 5.27. The van der Waals surface area contributed by atoms with Gasteiger partial charge in [0.15, 0.2) is 5.13 Å². The van der Waals surface area contributed by atoms with E-state index in [2.05, 4.69) is 20.7 Å². The Kier molecular flexibility index (Phi) is 5.40. The van der Waals surface area contributed by atoms with Gasteiger partial charge < -0.3 is 20.4 Å². The summed E-state index contributed by atoms with van der Waals surface area (Å²) in [5.74, 6) is -0.227. The monoisotopic (exact) mass is 377 g/mol. The zero-order valence-corrected chi connectivity index (χ0v) is 16.0. The molecule has 0 aromatic carbocycles. The molecule has 26 heavy (non-hydrogen) atoms. The Balaban J connectivity index is 1.63. The Labute approximate surface area is 156 Å². The largest absolute Gasteiger partial charge is 0.365 e. The second kappa shape index (κ2) is 7.73. The van der Waals surface area contributed by atoms with Crippen molar-refractivity contribution >= 4 is 28.4 Å². The number of aromatic nitrogens is 3. The molecule has 0 atom stereocenters.